The number of fused-ring (bicyclic) bond motifs is 1. The van der Waals surface area contributed by atoms with Gasteiger partial charge in [-0.1, -0.05) is 41.1 Å². The third-order valence-electron chi connectivity index (χ3n) is 8.23. The highest BCUT2D eigenvalue weighted by Gasteiger charge is 2.41. The first-order valence-electron chi connectivity index (χ1n) is 14.3. The maximum Gasteiger partial charge on any atom is 0.243 e. The van der Waals surface area contributed by atoms with Crippen molar-refractivity contribution < 1.29 is 18.8 Å². The number of carbonyl (C=O) groups excluding carboxylic acids is 3. The van der Waals surface area contributed by atoms with E-state index in [4.69, 9.17) is 5.73 Å². The van der Waals surface area contributed by atoms with Crippen molar-refractivity contribution in [3.05, 3.63) is 59.2 Å². The summed E-state index contributed by atoms with van der Waals surface area (Å²) in [6.45, 7) is 3.23. The maximum atomic E-state index is 13.5. The molecule has 0 radical (unpaired) electrons. The molecule has 41 heavy (non-hydrogen) atoms. The topological polar surface area (TPSA) is 126 Å². The maximum absolute atomic E-state index is 13.5. The Balaban J connectivity index is 1.24. The molecule has 3 N–H and O–H groups in total. The van der Waals surface area contributed by atoms with Crippen molar-refractivity contribution in [1.29, 1.82) is 0 Å². The zero-order valence-corrected chi connectivity index (χ0v) is 23.6. The van der Waals surface area contributed by atoms with Gasteiger partial charge in [0, 0.05) is 33.1 Å². The Morgan fingerprint density at radius 2 is 1.88 bits per heavy atom. The van der Waals surface area contributed by atoms with Crippen molar-refractivity contribution in [2.75, 3.05) is 19.6 Å². The molecule has 0 aliphatic carbocycles. The number of halogens is 1. The Bertz CT molecular complexity index is 1410. The van der Waals surface area contributed by atoms with Gasteiger partial charge in [-0.2, -0.15) is 0 Å². The molecule has 2 aliphatic rings. The highest BCUT2D eigenvalue weighted by atomic mass is 19.1. The summed E-state index contributed by atoms with van der Waals surface area (Å²) >= 11 is 0. The van der Waals surface area contributed by atoms with E-state index in [2.05, 4.69) is 39.9 Å². The van der Waals surface area contributed by atoms with Gasteiger partial charge in [0.1, 0.15) is 17.7 Å². The first-order valence-corrected chi connectivity index (χ1v) is 14.3. The smallest absolute Gasteiger partial charge is 0.243 e. The van der Waals surface area contributed by atoms with Gasteiger partial charge in [0.2, 0.25) is 17.7 Å². The lowest BCUT2D eigenvalue weighted by atomic mass is 9.96. The summed E-state index contributed by atoms with van der Waals surface area (Å²) in [5.74, 6) is -0.678. The van der Waals surface area contributed by atoms with Gasteiger partial charge in [-0.25, -0.2) is 9.07 Å². The van der Waals surface area contributed by atoms with E-state index in [1.807, 2.05) is 32.2 Å². The predicted molar refractivity (Wildman–Crippen MR) is 152 cm³/mol. The van der Waals surface area contributed by atoms with Crippen LogP contribution in [0.1, 0.15) is 42.4 Å². The van der Waals surface area contributed by atoms with Gasteiger partial charge in [-0.15, -0.1) is 5.10 Å². The normalized spacial score (nSPS) is 21.4. The van der Waals surface area contributed by atoms with Gasteiger partial charge < -0.3 is 20.9 Å². The average Bonchev–Trinajstić information content (AvgIpc) is 3.69. The Labute approximate surface area is 239 Å². The second kappa shape index (κ2) is 12.3. The molecule has 3 heterocycles. The number of carbonyl (C=O) groups is 3. The molecule has 218 valence electrons. The van der Waals surface area contributed by atoms with Crippen LogP contribution in [0.3, 0.4) is 0 Å². The molecule has 2 aromatic carbocycles. The zero-order valence-electron chi connectivity index (χ0n) is 23.6. The first kappa shape index (κ1) is 28.7. The number of nitrogens with one attached hydrogen (secondary N) is 1. The lowest BCUT2D eigenvalue weighted by Crippen LogP contribution is -2.51. The fraction of sp³-hybridized carbons (Fsp3) is 0.500. The van der Waals surface area contributed by atoms with Crippen molar-refractivity contribution in [2.24, 2.45) is 18.7 Å². The molecule has 4 atom stereocenters. The summed E-state index contributed by atoms with van der Waals surface area (Å²) < 4.78 is 15.2. The molecule has 0 bridgehead atoms. The molecule has 3 amide bonds. The van der Waals surface area contributed by atoms with Crippen LogP contribution < -0.4 is 11.1 Å². The number of aromatic nitrogens is 3. The van der Waals surface area contributed by atoms with Gasteiger partial charge in [0.05, 0.1) is 18.1 Å². The number of alkyl halides is 1. The van der Waals surface area contributed by atoms with Crippen LogP contribution in [-0.2, 0) is 34.4 Å². The molecule has 2 aliphatic heterocycles. The largest absolute Gasteiger partial charge is 0.350 e. The first-order chi connectivity index (χ1) is 19.7. The van der Waals surface area contributed by atoms with Gasteiger partial charge in [0.25, 0.3) is 0 Å². The molecule has 2 saturated heterocycles. The zero-order chi connectivity index (χ0) is 29.1. The lowest BCUT2D eigenvalue weighted by Gasteiger charge is -2.27. The Kier molecular flexibility index (Phi) is 8.63. The molecular formula is C30H38FN7O3. The number of nitrogens with two attached hydrogens (primary N) is 1. The summed E-state index contributed by atoms with van der Waals surface area (Å²) in [7, 11) is 1.82. The number of benzene rings is 2. The summed E-state index contributed by atoms with van der Waals surface area (Å²) in [6.07, 6.45) is 0.830. The molecule has 11 heteroatoms. The standard InChI is InChI=1S/C30H38FN7O3/c1-19-3-5-20(6-4-19)13-22-15-27(29(40)33-16-21-7-9-26-25(14-21)34-35-36(26)2)38(17-22)30(41)24(32)8-10-28(39)37-12-11-23(31)18-37/h3-7,9,14,22-24,27H,8,10-13,15-18,32H2,1-2H3,(H,33,40)/t22-,23+,24-,27+/m1/s1. The number of rotatable bonds is 9. The summed E-state index contributed by atoms with van der Waals surface area (Å²) in [6, 6.07) is 12.4. The third-order valence-corrected chi connectivity index (χ3v) is 8.23. The number of hydrogen-bond donors (Lipinski definition) is 2. The molecule has 0 unspecified atom stereocenters. The molecule has 0 spiro atoms. The SMILES string of the molecule is Cc1ccc(C[C@@H]2C[C@@H](C(=O)NCc3ccc4c(c3)nnn4C)N(C(=O)[C@H](N)CCC(=O)N3CC[C@H](F)C3)C2)cc1. The minimum atomic E-state index is -0.994. The van der Waals surface area contributed by atoms with E-state index in [0.29, 0.717) is 32.5 Å². The second-order valence-corrected chi connectivity index (χ2v) is 11.4. The third kappa shape index (κ3) is 6.73. The van der Waals surface area contributed by atoms with Gasteiger partial charge in [-0.05, 0) is 61.8 Å². The van der Waals surface area contributed by atoms with Crippen molar-refractivity contribution in [1.82, 2.24) is 30.1 Å². The van der Waals surface area contributed by atoms with E-state index in [1.54, 1.807) is 9.58 Å². The summed E-state index contributed by atoms with van der Waals surface area (Å²) in [4.78, 5) is 42.6. The summed E-state index contributed by atoms with van der Waals surface area (Å²) in [5.41, 5.74) is 11.1. The Hall–Kier alpha value is -3.86. The van der Waals surface area contributed by atoms with E-state index < -0.39 is 18.3 Å². The highest BCUT2D eigenvalue weighted by Crippen LogP contribution is 2.28. The van der Waals surface area contributed by atoms with Crippen LogP contribution in [0, 0.1) is 12.8 Å². The van der Waals surface area contributed by atoms with Crippen LogP contribution in [0.4, 0.5) is 4.39 Å². The van der Waals surface area contributed by atoms with Crippen LogP contribution in [0.25, 0.3) is 11.0 Å². The van der Waals surface area contributed by atoms with Crippen LogP contribution in [0.2, 0.25) is 0 Å². The molecule has 2 fully saturated rings. The second-order valence-electron chi connectivity index (χ2n) is 11.4. The van der Waals surface area contributed by atoms with Gasteiger partial charge in [-0.3, -0.25) is 14.4 Å². The Morgan fingerprint density at radius 3 is 2.61 bits per heavy atom. The average molecular weight is 564 g/mol. The van der Waals surface area contributed by atoms with E-state index in [9.17, 15) is 18.8 Å². The van der Waals surface area contributed by atoms with Crippen LogP contribution >= 0.6 is 0 Å². The van der Waals surface area contributed by atoms with Gasteiger partial charge >= 0.3 is 0 Å². The molecule has 3 aromatic rings. The highest BCUT2D eigenvalue weighted by molar-refractivity contribution is 5.91. The quantitative estimate of drug-likeness (QED) is 0.410. The molecule has 1 aromatic heterocycles. The predicted octanol–water partition coefficient (Wildman–Crippen LogP) is 2.03. The van der Waals surface area contributed by atoms with E-state index in [0.717, 1.165) is 28.6 Å². The fourth-order valence-corrected chi connectivity index (χ4v) is 5.84. The van der Waals surface area contributed by atoms with E-state index in [1.165, 1.54) is 10.5 Å². The van der Waals surface area contributed by atoms with E-state index in [-0.39, 0.29) is 43.0 Å². The minimum Gasteiger partial charge on any atom is -0.350 e. The van der Waals surface area contributed by atoms with Crippen molar-refractivity contribution >= 4 is 28.8 Å². The molecule has 10 nitrogen and oxygen atoms in total. The summed E-state index contributed by atoms with van der Waals surface area (Å²) in [5, 5.41) is 11.2. The minimum absolute atomic E-state index is 0.0714. The molecule has 0 saturated carbocycles. The van der Waals surface area contributed by atoms with Crippen LogP contribution in [0.5, 0.6) is 0 Å². The Morgan fingerprint density at radius 1 is 1.12 bits per heavy atom. The van der Waals surface area contributed by atoms with Crippen LogP contribution in [0.15, 0.2) is 42.5 Å². The number of amides is 3. The number of nitrogens with zero attached hydrogens (tertiary/aromatic N) is 5. The van der Waals surface area contributed by atoms with Crippen molar-refractivity contribution in [3.8, 4) is 0 Å². The van der Waals surface area contributed by atoms with Crippen LogP contribution in [-0.4, -0.2) is 80.4 Å². The number of aryl methyl sites for hydroxylation is 2. The van der Waals surface area contributed by atoms with Crippen molar-refractivity contribution in [2.45, 2.75) is 63.8 Å². The van der Waals surface area contributed by atoms with Gasteiger partial charge in [0.15, 0.2) is 0 Å². The van der Waals surface area contributed by atoms with Crippen molar-refractivity contribution in [3.63, 3.8) is 0 Å². The lowest BCUT2D eigenvalue weighted by molar-refractivity contribution is -0.140. The molecular weight excluding hydrogens is 525 g/mol. The number of likely N-dealkylation sites (tertiary alicyclic amines) is 2. The number of hydrogen-bond acceptors (Lipinski definition) is 6. The van der Waals surface area contributed by atoms with E-state index >= 15 is 0 Å². The monoisotopic (exact) mass is 563 g/mol. The fourth-order valence-electron chi connectivity index (χ4n) is 5.84. The molecule has 5 rings (SSSR count).